The van der Waals surface area contributed by atoms with E-state index in [0.717, 1.165) is 22.3 Å². The molecular formula is C33H32O4. The van der Waals surface area contributed by atoms with Gasteiger partial charge >= 0.3 is 11.9 Å². The fourth-order valence-electron chi connectivity index (χ4n) is 4.48. The molecule has 0 saturated heterocycles. The average Bonchev–Trinajstić information content (AvgIpc) is 2.96. The van der Waals surface area contributed by atoms with E-state index in [0.29, 0.717) is 6.42 Å². The maximum Gasteiger partial charge on any atom is 0.306 e. The fourth-order valence-corrected chi connectivity index (χ4v) is 4.48. The largest absolute Gasteiger partial charge is 0.466 e. The molecule has 4 nitrogen and oxygen atoms in total. The van der Waals surface area contributed by atoms with Crippen LogP contribution >= 0.6 is 0 Å². The second-order valence-electron chi connectivity index (χ2n) is 8.95. The molecule has 0 N–H and O–H groups in total. The highest BCUT2D eigenvalue weighted by Crippen LogP contribution is 2.29. The monoisotopic (exact) mass is 492 g/mol. The van der Waals surface area contributed by atoms with E-state index in [9.17, 15) is 9.59 Å². The first-order chi connectivity index (χ1) is 18.2. The van der Waals surface area contributed by atoms with Gasteiger partial charge in [0, 0.05) is 18.3 Å². The minimum Gasteiger partial charge on any atom is -0.466 e. The molecule has 0 heterocycles. The van der Waals surface area contributed by atoms with Crippen molar-refractivity contribution in [1.82, 2.24) is 0 Å². The SMILES string of the molecule is O=C(CC(c1ccccc1)c1ccccc1)OCCCOC(=O)CC(c1ccccc1)c1ccccc1. The predicted octanol–water partition coefficient (Wildman–Crippen LogP) is 6.91. The summed E-state index contributed by atoms with van der Waals surface area (Å²) in [6, 6.07) is 39.9. The molecule has 188 valence electrons. The van der Waals surface area contributed by atoms with Crippen LogP contribution in [0.1, 0.15) is 53.4 Å². The number of carbonyl (C=O) groups is 2. The Balaban J connectivity index is 1.24. The maximum atomic E-state index is 12.6. The van der Waals surface area contributed by atoms with E-state index < -0.39 is 0 Å². The Morgan fingerprint density at radius 2 is 0.730 bits per heavy atom. The first kappa shape index (κ1) is 25.9. The fraction of sp³-hybridized carbons (Fsp3) is 0.212. The highest BCUT2D eigenvalue weighted by atomic mass is 16.5. The first-order valence-corrected chi connectivity index (χ1v) is 12.7. The lowest BCUT2D eigenvalue weighted by Gasteiger charge is -2.18. The molecule has 0 aliphatic carbocycles. The molecule has 0 saturated carbocycles. The van der Waals surface area contributed by atoms with E-state index in [4.69, 9.17) is 9.47 Å². The summed E-state index contributed by atoms with van der Waals surface area (Å²) in [6.07, 6.45) is 0.966. The number of hydrogen-bond donors (Lipinski definition) is 0. The molecule has 4 rings (SSSR count). The first-order valence-electron chi connectivity index (χ1n) is 12.7. The molecule has 4 aromatic carbocycles. The lowest BCUT2D eigenvalue weighted by atomic mass is 9.88. The van der Waals surface area contributed by atoms with Crippen LogP contribution in [-0.2, 0) is 19.1 Å². The standard InChI is InChI=1S/C33H32O4/c34-32(24-30(26-14-5-1-6-15-26)27-16-7-2-8-17-27)36-22-13-23-37-33(35)25-31(28-18-9-3-10-19-28)29-20-11-4-12-21-29/h1-12,14-21,30-31H,13,22-25H2. The summed E-state index contributed by atoms with van der Waals surface area (Å²) in [5.41, 5.74) is 4.30. The van der Waals surface area contributed by atoms with E-state index in [1.807, 2.05) is 121 Å². The molecule has 0 atom stereocenters. The zero-order chi connectivity index (χ0) is 25.7. The quantitative estimate of drug-likeness (QED) is 0.159. The van der Waals surface area contributed by atoms with E-state index in [-0.39, 0.29) is 49.8 Å². The van der Waals surface area contributed by atoms with Gasteiger partial charge in [-0.1, -0.05) is 121 Å². The van der Waals surface area contributed by atoms with Crippen molar-refractivity contribution in [3.63, 3.8) is 0 Å². The lowest BCUT2D eigenvalue weighted by Crippen LogP contribution is -2.15. The van der Waals surface area contributed by atoms with Crippen molar-refractivity contribution in [2.24, 2.45) is 0 Å². The van der Waals surface area contributed by atoms with Gasteiger partial charge in [0.1, 0.15) is 0 Å². The van der Waals surface area contributed by atoms with Gasteiger partial charge in [0.2, 0.25) is 0 Å². The third-order valence-corrected chi connectivity index (χ3v) is 6.36. The van der Waals surface area contributed by atoms with Crippen molar-refractivity contribution in [1.29, 1.82) is 0 Å². The van der Waals surface area contributed by atoms with E-state index in [2.05, 4.69) is 0 Å². The molecule has 0 amide bonds. The van der Waals surface area contributed by atoms with Crippen molar-refractivity contribution >= 4 is 11.9 Å². The van der Waals surface area contributed by atoms with Crippen LogP contribution in [0.2, 0.25) is 0 Å². The number of rotatable bonds is 12. The number of carbonyl (C=O) groups excluding carboxylic acids is 2. The Bertz CT molecular complexity index is 1050. The highest BCUT2D eigenvalue weighted by Gasteiger charge is 2.20. The third-order valence-electron chi connectivity index (χ3n) is 6.36. The molecule has 4 heteroatoms. The van der Waals surface area contributed by atoms with Crippen LogP contribution in [0.4, 0.5) is 0 Å². The van der Waals surface area contributed by atoms with E-state index in [1.165, 1.54) is 0 Å². The summed E-state index contributed by atoms with van der Waals surface area (Å²) in [7, 11) is 0. The Morgan fingerprint density at radius 3 is 1.00 bits per heavy atom. The van der Waals surface area contributed by atoms with E-state index in [1.54, 1.807) is 0 Å². The summed E-state index contributed by atoms with van der Waals surface area (Å²) in [4.78, 5) is 25.3. The van der Waals surface area contributed by atoms with Crippen LogP contribution in [0, 0.1) is 0 Å². The van der Waals surface area contributed by atoms with Gasteiger partial charge in [0.05, 0.1) is 26.1 Å². The van der Waals surface area contributed by atoms with Crippen LogP contribution in [-0.4, -0.2) is 25.2 Å². The number of esters is 2. The summed E-state index contributed by atoms with van der Waals surface area (Å²) >= 11 is 0. The third kappa shape index (κ3) is 7.91. The minimum atomic E-state index is -0.266. The smallest absolute Gasteiger partial charge is 0.306 e. The second kappa shape index (κ2) is 13.8. The summed E-state index contributed by atoms with van der Waals surface area (Å²) in [5.74, 6) is -0.671. The van der Waals surface area contributed by atoms with Gasteiger partial charge in [-0.15, -0.1) is 0 Å². The van der Waals surface area contributed by atoms with Gasteiger partial charge < -0.3 is 9.47 Å². The topological polar surface area (TPSA) is 52.6 Å². The van der Waals surface area contributed by atoms with Crippen LogP contribution < -0.4 is 0 Å². The number of hydrogen-bond acceptors (Lipinski definition) is 4. The van der Waals surface area contributed by atoms with Gasteiger partial charge in [-0.2, -0.15) is 0 Å². The summed E-state index contributed by atoms with van der Waals surface area (Å²) in [5, 5.41) is 0. The van der Waals surface area contributed by atoms with Gasteiger partial charge in [-0.3, -0.25) is 9.59 Å². The maximum absolute atomic E-state index is 12.6. The average molecular weight is 493 g/mol. The van der Waals surface area contributed by atoms with Crippen LogP contribution in [0.3, 0.4) is 0 Å². The molecule has 4 aromatic rings. The summed E-state index contributed by atoms with van der Waals surface area (Å²) in [6.45, 7) is 0.423. The second-order valence-corrected chi connectivity index (χ2v) is 8.95. The predicted molar refractivity (Wildman–Crippen MR) is 145 cm³/mol. The molecule has 0 bridgehead atoms. The Labute approximate surface area is 218 Å². The molecular weight excluding hydrogens is 460 g/mol. The molecule has 0 radical (unpaired) electrons. The van der Waals surface area contributed by atoms with Gasteiger partial charge in [-0.05, 0) is 22.3 Å². The van der Waals surface area contributed by atoms with Crippen molar-refractivity contribution in [3.8, 4) is 0 Å². The van der Waals surface area contributed by atoms with Crippen LogP contribution in [0.25, 0.3) is 0 Å². The van der Waals surface area contributed by atoms with Gasteiger partial charge in [-0.25, -0.2) is 0 Å². The molecule has 0 spiro atoms. The highest BCUT2D eigenvalue weighted by molar-refractivity contribution is 5.72. The minimum absolute atomic E-state index is 0.0689. The van der Waals surface area contributed by atoms with E-state index >= 15 is 0 Å². The molecule has 0 aliphatic rings. The lowest BCUT2D eigenvalue weighted by molar-refractivity contribution is -0.146. The Morgan fingerprint density at radius 1 is 0.459 bits per heavy atom. The van der Waals surface area contributed by atoms with Crippen molar-refractivity contribution in [2.75, 3.05) is 13.2 Å². The van der Waals surface area contributed by atoms with Crippen molar-refractivity contribution < 1.29 is 19.1 Å². The number of benzene rings is 4. The Kier molecular flexibility index (Phi) is 9.65. The van der Waals surface area contributed by atoms with Crippen LogP contribution in [0.5, 0.6) is 0 Å². The molecule has 0 aromatic heterocycles. The van der Waals surface area contributed by atoms with Crippen molar-refractivity contribution in [2.45, 2.75) is 31.1 Å². The molecule has 0 unspecified atom stereocenters. The zero-order valence-corrected chi connectivity index (χ0v) is 20.9. The normalized spacial score (nSPS) is 10.9. The zero-order valence-electron chi connectivity index (χ0n) is 20.9. The van der Waals surface area contributed by atoms with Crippen LogP contribution in [0.15, 0.2) is 121 Å². The number of ether oxygens (including phenoxy) is 2. The summed E-state index contributed by atoms with van der Waals surface area (Å²) < 4.78 is 11.0. The molecule has 0 fully saturated rings. The molecule has 37 heavy (non-hydrogen) atoms. The van der Waals surface area contributed by atoms with Crippen molar-refractivity contribution in [3.05, 3.63) is 144 Å². The Hall–Kier alpha value is -4.18. The van der Waals surface area contributed by atoms with Gasteiger partial charge in [0.15, 0.2) is 0 Å². The van der Waals surface area contributed by atoms with Gasteiger partial charge in [0.25, 0.3) is 0 Å². The molecule has 0 aliphatic heterocycles.